The zero-order chi connectivity index (χ0) is 12.2. The largest absolute Gasteiger partial charge is 0.481 e. The van der Waals surface area contributed by atoms with Gasteiger partial charge in [0.1, 0.15) is 0 Å². The summed E-state index contributed by atoms with van der Waals surface area (Å²) < 4.78 is 0. The Morgan fingerprint density at radius 1 is 1.44 bits per heavy atom. The van der Waals surface area contributed by atoms with Crippen molar-refractivity contribution in [2.75, 3.05) is 20.1 Å². The number of carboxylic acids is 1. The monoisotopic (exact) mass is 227 g/mol. The quantitative estimate of drug-likeness (QED) is 0.727. The summed E-state index contributed by atoms with van der Waals surface area (Å²) in [5, 5.41) is 8.81. The van der Waals surface area contributed by atoms with Gasteiger partial charge < -0.3 is 10.0 Å². The molecule has 1 N–H and O–H groups in total. The molecule has 0 aromatic rings. The number of hydrogen-bond acceptors (Lipinski definition) is 2. The average molecular weight is 227 g/mol. The molecule has 1 aliphatic carbocycles. The van der Waals surface area contributed by atoms with Gasteiger partial charge in [-0.2, -0.15) is 0 Å². The number of aliphatic carboxylic acids is 1. The molecule has 1 rings (SSSR count). The third kappa shape index (κ3) is 4.97. The molecule has 0 aromatic carbocycles. The van der Waals surface area contributed by atoms with Gasteiger partial charge in [0.2, 0.25) is 0 Å². The summed E-state index contributed by atoms with van der Waals surface area (Å²) in [4.78, 5) is 13.0. The Morgan fingerprint density at radius 3 is 2.50 bits per heavy atom. The maximum atomic E-state index is 10.7. The molecular formula is C13H25NO2. The lowest BCUT2D eigenvalue weighted by molar-refractivity contribution is -0.139. The van der Waals surface area contributed by atoms with Crippen LogP contribution >= 0.6 is 0 Å². The van der Waals surface area contributed by atoms with Crippen LogP contribution in [-0.2, 0) is 4.79 Å². The van der Waals surface area contributed by atoms with Crippen LogP contribution in [0.5, 0.6) is 0 Å². The van der Waals surface area contributed by atoms with E-state index < -0.39 is 5.97 Å². The van der Waals surface area contributed by atoms with E-state index in [1.165, 1.54) is 25.7 Å². The number of nitrogens with zero attached hydrogens (tertiary/aromatic N) is 1. The molecule has 0 spiro atoms. The van der Waals surface area contributed by atoms with E-state index in [1.54, 1.807) is 0 Å². The zero-order valence-electron chi connectivity index (χ0n) is 10.8. The van der Waals surface area contributed by atoms with Gasteiger partial charge in [0.15, 0.2) is 0 Å². The van der Waals surface area contributed by atoms with Crippen molar-refractivity contribution in [3.05, 3.63) is 0 Å². The first-order valence-corrected chi connectivity index (χ1v) is 6.29. The van der Waals surface area contributed by atoms with Gasteiger partial charge in [-0.15, -0.1) is 0 Å². The summed E-state index contributed by atoms with van der Waals surface area (Å²) >= 11 is 0. The Labute approximate surface area is 98.8 Å². The van der Waals surface area contributed by atoms with Crippen molar-refractivity contribution >= 4 is 5.97 Å². The van der Waals surface area contributed by atoms with Gasteiger partial charge >= 0.3 is 5.97 Å². The van der Waals surface area contributed by atoms with E-state index in [-0.39, 0.29) is 11.8 Å². The van der Waals surface area contributed by atoms with Crippen molar-refractivity contribution in [2.45, 2.75) is 46.0 Å². The Kier molecular flexibility index (Phi) is 4.78. The molecule has 1 saturated carbocycles. The highest BCUT2D eigenvalue weighted by molar-refractivity contribution is 5.67. The van der Waals surface area contributed by atoms with Crippen molar-refractivity contribution in [1.29, 1.82) is 0 Å². The smallest absolute Gasteiger partial charge is 0.303 e. The zero-order valence-corrected chi connectivity index (χ0v) is 10.8. The topological polar surface area (TPSA) is 40.5 Å². The fraction of sp³-hybridized carbons (Fsp3) is 0.923. The second-order valence-corrected chi connectivity index (χ2v) is 6.06. The third-order valence-electron chi connectivity index (χ3n) is 3.47. The first-order chi connectivity index (χ1) is 7.39. The molecule has 0 unspecified atom stereocenters. The summed E-state index contributed by atoms with van der Waals surface area (Å²) in [6, 6.07) is 0. The van der Waals surface area contributed by atoms with E-state index in [2.05, 4.69) is 11.9 Å². The maximum Gasteiger partial charge on any atom is 0.303 e. The molecule has 0 saturated heterocycles. The summed E-state index contributed by atoms with van der Waals surface area (Å²) in [5.74, 6) is 0.238. The van der Waals surface area contributed by atoms with Crippen LogP contribution in [0.15, 0.2) is 0 Å². The minimum absolute atomic E-state index is 0.125. The van der Waals surface area contributed by atoms with Crippen LogP contribution in [0.25, 0.3) is 0 Å². The van der Waals surface area contributed by atoms with E-state index >= 15 is 0 Å². The van der Waals surface area contributed by atoms with E-state index in [0.29, 0.717) is 0 Å². The maximum absolute atomic E-state index is 10.7. The predicted octanol–water partition coefficient (Wildman–Crippen LogP) is 2.61. The molecule has 0 heterocycles. The van der Waals surface area contributed by atoms with Gasteiger partial charge in [-0.25, -0.2) is 0 Å². The molecule has 0 amide bonds. The molecule has 0 atom stereocenters. The Morgan fingerprint density at radius 2 is 2.06 bits per heavy atom. The Hall–Kier alpha value is -0.570. The average Bonchev–Trinajstić information content (AvgIpc) is 1.96. The predicted molar refractivity (Wildman–Crippen MR) is 65.5 cm³/mol. The Balaban J connectivity index is 2.20. The molecule has 3 heteroatoms. The van der Waals surface area contributed by atoms with Gasteiger partial charge in [-0.1, -0.05) is 33.1 Å². The van der Waals surface area contributed by atoms with E-state index in [9.17, 15) is 4.79 Å². The van der Waals surface area contributed by atoms with Crippen molar-refractivity contribution in [3.63, 3.8) is 0 Å². The summed E-state index contributed by atoms with van der Waals surface area (Å²) in [5.41, 5.74) is -0.125. The molecule has 3 nitrogen and oxygen atoms in total. The number of carbonyl (C=O) groups is 1. The van der Waals surface area contributed by atoms with Crippen molar-refractivity contribution in [1.82, 2.24) is 4.90 Å². The Bertz CT molecular complexity index is 234. The van der Waals surface area contributed by atoms with Crippen LogP contribution in [-0.4, -0.2) is 36.1 Å². The van der Waals surface area contributed by atoms with Crippen LogP contribution in [0.3, 0.4) is 0 Å². The minimum Gasteiger partial charge on any atom is -0.481 e. The number of rotatable bonds is 7. The van der Waals surface area contributed by atoms with Crippen molar-refractivity contribution in [3.8, 4) is 0 Å². The fourth-order valence-electron chi connectivity index (χ4n) is 2.46. The molecule has 0 bridgehead atoms. The summed E-state index contributed by atoms with van der Waals surface area (Å²) in [6.45, 7) is 6.03. The first kappa shape index (κ1) is 13.5. The lowest BCUT2D eigenvalue weighted by Gasteiger charge is -2.32. The SMILES string of the molecule is CN(CCC1CCC1)CC(C)(C)CC(=O)O. The van der Waals surface area contributed by atoms with E-state index in [0.717, 1.165) is 19.0 Å². The summed E-state index contributed by atoms with van der Waals surface area (Å²) in [7, 11) is 2.10. The van der Waals surface area contributed by atoms with Crippen molar-refractivity contribution < 1.29 is 9.90 Å². The van der Waals surface area contributed by atoms with Gasteiger partial charge in [0.05, 0.1) is 6.42 Å². The van der Waals surface area contributed by atoms with Gasteiger partial charge in [0, 0.05) is 6.54 Å². The molecule has 0 aromatic heterocycles. The van der Waals surface area contributed by atoms with Crippen LogP contribution in [0.4, 0.5) is 0 Å². The minimum atomic E-state index is -0.697. The van der Waals surface area contributed by atoms with Gasteiger partial charge in [0.25, 0.3) is 0 Å². The van der Waals surface area contributed by atoms with Crippen molar-refractivity contribution in [2.24, 2.45) is 11.3 Å². The molecule has 0 radical (unpaired) electrons. The fourth-order valence-corrected chi connectivity index (χ4v) is 2.46. The highest BCUT2D eigenvalue weighted by Gasteiger charge is 2.24. The van der Waals surface area contributed by atoms with E-state index in [1.807, 2.05) is 13.8 Å². The first-order valence-electron chi connectivity index (χ1n) is 6.29. The highest BCUT2D eigenvalue weighted by atomic mass is 16.4. The second kappa shape index (κ2) is 5.67. The lowest BCUT2D eigenvalue weighted by atomic mass is 9.82. The molecule has 1 aliphatic rings. The lowest BCUT2D eigenvalue weighted by Crippen LogP contribution is -2.34. The van der Waals surface area contributed by atoms with Crippen LogP contribution in [0.2, 0.25) is 0 Å². The van der Waals surface area contributed by atoms with Gasteiger partial charge in [-0.05, 0) is 31.3 Å². The third-order valence-corrected chi connectivity index (χ3v) is 3.47. The molecule has 1 fully saturated rings. The summed E-state index contributed by atoms with van der Waals surface area (Å²) in [6.07, 6.45) is 5.72. The number of carboxylic acid groups (broad SMARTS) is 1. The number of hydrogen-bond donors (Lipinski definition) is 1. The second-order valence-electron chi connectivity index (χ2n) is 6.06. The van der Waals surface area contributed by atoms with Crippen LogP contribution in [0, 0.1) is 11.3 Å². The molecular weight excluding hydrogens is 202 g/mol. The normalized spacial score (nSPS) is 17.5. The molecule has 0 aliphatic heterocycles. The molecule has 16 heavy (non-hydrogen) atoms. The van der Waals surface area contributed by atoms with E-state index in [4.69, 9.17) is 5.11 Å². The molecule has 94 valence electrons. The van der Waals surface area contributed by atoms with Crippen LogP contribution < -0.4 is 0 Å². The standard InChI is InChI=1S/C13H25NO2/c1-13(2,9-12(15)16)10-14(3)8-7-11-5-4-6-11/h11H,4-10H2,1-3H3,(H,15,16). The highest BCUT2D eigenvalue weighted by Crippen LogP contribution is 2.29. The van der Waals surface area contributed by atoms with Crippen LogP contribution in [0.1, 0.15) is 46.0 Å². The van der Waals surface area contributed by atoms with Gasteiger partial charge in [-0.3, -0.25) is 4.79 Å².